The van der Waals surface area contributed by atoms with Gasteiger partial charge in [0.15, 0.2) is 6.04 Å². The van der Waals surface area contributed by atoms with Gasteiger partial charge in [-0.2, -0.15) is 13.2 Å². The number of morpholine rings is 1. The Balaban J connectivity index is 2.70. The molecule has 0 radical (unpaired) electrons. The summed E-state index contributed by atoms with van der Waals surface area (Å²) in [6, 6.07) is -1.79. The maximum atomic E-state index is 12.1. The highest BCUT2D eigenvalue weighted by Gasteiger charge is 2.46. The second kappa shape index (κ2) is 2.93. The molecule has 0 bridgehead atoms. The van der Waals surface area contributed by atoms with Crippen LogP contribution in [0.25, 0.3) is 0 Å². The van der Waals surface area contributed by atoms with E-state index >= 15 is 0 Å². The molecule has 1 unspecified atom stereocenters. The van der Waals surface area contributed by atoms with Gasteiger partial charge in [0.05, 0.1) is 6.61 Å². The number of carbonyl (C=O) groups is 1. The summed E-state index contributed by atoms with van der Waals surface area (Å²) in [5.74, 6) is -0.636. The third-order valence-electron chi connectivity index (χ3n) is 1.74. The Morgan fingerprint density at radius 3 is 2.58 bits per heavy atom. The predicted octanol–water partition coefficient (Wildman–Crippen LogP) is 0.406. The summed E-state index contributed by atoms with van der Waals surface area (Å²) in [4.78, 5) is 11.4. The molecule has 70 valence electrons. The fourth-order valence-corrected chi connectivity index (χ4v) is 0.959. The van der Waals surface area contributed by atoms with Gasteiger partial charge in [-0.15, -0.1) is 0 Å². The normalized spacial score (nSPS) is 26.2. The lowest BCUT2D eigenvalue weighted by atomic mass is 10.2. The standard InChI is InChI=1S/C6H8F3NO2/c1-10-4(6(7,8)9)2-12-3-5(10)11/h4H,2-3H2,1H3. The van der Waals surface area contributed by atoms with E-state index in [0.29, 0.717) is 4.90 Å². The second-order valence-corrected chi connectivity index (χ2v) is 2.58. The van der Waals surface area contributed by atoms with Gasteiger partial charge >= 0.3 is 6.18 Å². The fourth-order valence-electron chi connectivity index (χ4n) is 0.959. The number of halogens is 3. The number of hydrogen-bond acceptors (Lipinski definition) is 2. The van der Waals surface area contributed by atoms with Gasteiger partial charge in [0.2, 0.25) is 5.91 Å². The summed E-state index contributed by atoms with van der Waals surface area (Å²) in [5, 5.41) is 0. The molecule has 0 N–H and O–H groups in total. The first-order valence-electron chi connectivity index (χ1n) is 3.33. The van der Waals surface area contributed by atoms with Crippen molar-refractivity contribution in [3.05, 3.63) is 0 Å². The predicted molar refractivity (Wildman–Crippen MR) is 33.4 cm³/mol. The first kappa shape index (κ1) is 9.31. The van der Waals surface area contributed by atoms with E-state index < -0.39 is 24.7 Å². The number of amides is 1. The van der Waals surface area contributed by atoms with Crippen molar-refractivity contribution in [3.63, 3.8) is 0 Å². The molecule has 1 aliphatic heterocycles. The zero-order valence-corrected chi connectivity index (χ0v) is 6.39. The monoisotopic (exact) mass is 183 g/mol. The Bertz CT molecular complexity index is 192. The minimum atomic E-state index is -4.40. The third-order valence-corrected chi connectivity index (χ3v) is 1.74. The molecule has 1 atom stereocenters. The summed E-state index contributed by atoms with van der Waals surface area (Å²) in [6.07, 6.45) is -4.40. The van der Waals surface area contributed by atoms with E-state index in [1.54, 1.807) is 0 Å². The smallest absolute Gasteiger partial charge is 0.369 e. The molecule has 0 aromatic carbocycles. The quantitative estimate of drug-likeness (QED) is 0.544. The molecule has 1 rings (SSSR count). The van der Waals surface area contributed by atoms with E-state index in [1.165, 1.54) is 0 Å². The molecule has 0 spiro atoms. The van der Waals surface area contributed by atoms with Crippen molar-refractivity contribution < 1.29 is 22.7 Å². The number of rotatable bonds is 0. The molecule has 1 amide bonds. The minimum Gasteiger partial charge on any atom is -0.369 e. The molecule has 0 saturated carbocycles. The third kappa shape index (κ3) is 1.69. The number of ether oxygens (including phenoxy) is 1. The summed E-state index contributed by atoms with van der Waals surface area (Å²) in [6.45, 7) is -0.727. The van der Waals surface area contributed by atoms with Crippen LogP contribution in [0.5, 0.6) is 0 Å². The number of alkyl halides is 3. The van der Waals surface area contributed by atoms with Crippen molar-refractivity contribution in [1.29, 1.82) is 0 Å². The largest absolute Gasteiger partial charge is 0.411 e. The zero-order valence-electron chi connectivity index (χ0n) is 6.39. The van der Waals surface area contributed by atoms with E-state index in [4.69, 9.17) is 0 Å². The maximum absolute atomic E-state index is 12.1. The van der Waals surface area contributed by atoms with E-state index in [-0.39, 0.29) is 6.61 Å². The summed E-state index contributed by atoms with van der Waals surface area (Å²) in [5.41, 5.74) is 0. The summed E-state index contributed by atoms with van der Waals surface area (Å²) >= 11 is 0. The topological polar surface area (TPSA) is 29.5 Å². The molecule has 0 aliphatic carbocycles. The molecule has 1 heterocycles. The molecular weight excluding hydrogens is 175 g/mol. The molecule has 6 heteroatoms. The molecule has 1 aliphatic rings. The average molecular weight is 183 g/mol. The van der Waals surface area contributed by atoms with Crippen molar-refractivity contribution in [2.45, 2.75) is 12.2 Å². The van der Waals surface area contributed by atoms with Gasteiger partial charge in [0, 0.05) is 7.05 Å². The zero-order chi connectivity index (χ0) is 9.35. The SMILES string of the molecule is CN1C(=O)COCC1C(F)(F)F. The molecule has 1 saturated heterocycles. The molecular formula is C6H8F3NO2. The lowest BCUT2D eigenvalue weighted by Crippen LogP contribution is -2.54. The van der Waals surface area contributed by atoms with Crippen LogP contribution in [0.15, 0.2) is 0 Å². The second-order valence-electron chi connectivity index (χ2n) is 2.58. The number of hydrogen-bond donors (Lipinski definition) is 0. The average Bonchev–Trinajstić information content (AvgIpc) is 1.92. The van der Waals surface area contributed by atoms with Crippen molar-refractivity contribution in [3.8, 4) is 0 Å². The molecule has 0 aromatic rings. The lowest BCUT2D eigenvalue weighted by molar-refractivity contribution is -0.210. The Morgan fingerprint density at radius 2 is 2.17 bits per heavy atom. The van der Waals surface area contributed by atoms with Gasteiger partial charge in [-0.25, -0.2) is 0 Å². The number of likely N-dealkylation sites (N-methyl/N-ethyl adjacent to an activating group) is 1. The van der Waals surface area contributed by atoms with Crippen LogP contribution in [-0.2, 0) is 9.53 Å². The van der Waals surface area contributed by atoms with Crippen LogP contribution in [-0.4, -0.2) is 43.3 Å². The number of carbonyl (C=O) groups excluding carboxylic acids is 1. The first-order chi connectivity index (χ1) is 5.43. The van der Waals surface area contributed by atoms with Crippen LogP contribution in [0.2, 0.25) is 0 Å². The van der Waals surface area contributed by atoms with Crippen molar-refractivity contribution in [2.75, 3.05) is 20.3 Å². The van der Waals surface area contributed by atoms with Gasteiger partial charge in [-0.3, -0.25) is 4.79 Å². The van der Waals surface area contributed by atoms with E-state index in [2.05, 4.69) is 4.74 Å². The van der Waals surface area contributed by atoms with Crippen LogP contribution in [0.1, 0.15) is 0 Å². The summed E-state index contributed by atoms with van der Waals surface area (Å²) < 4.78 is 40.8. The van der Waals surface area contributed by atoms with Gasteiger partial charge in [-0.05, 0) is 0 Å². The van der Waals surface area contributed by atoms with Crippen LogP contribution >= 0.6 is 0 Å². The van der Waals surface area contributed by atoms with E-state index in [9.17, 15) is 18.0 Å². The van der Waals surface area contributed by atoms with Gasteiger partial charge in [0.1, 0.15) is 6.61 Å². The minimum absolute atomic E-state index is 0.261. The van der Waals surface area contributed by atoms with Crippen molar-refractivity contribution in [2.24, 2.45) is 0 Å². The van der Waals surface area contributed by atoms with E-state index in [1.807, 2.05) is 0 Å². The Hall–Kier alpha value is -0.780. The molecule has 1 fully saturated rings. The van der Waals surface area contributed by atoms with Gasteiger partial charge < -0.3 is 9.64 Å². The fraction of sp³-hybridized carbons (Fsp3) is 0.833. The molecule has 0 aromatic heterocycles. The highest BCUT2D eigenvalue weighted by atomic mass is 19.4. The first-order valence-corrected chi connectivity index (χ1v) is 3.33. The Labute approximate surface area is 67.1 Å². The highest BCUT2D eigenvalue weighted by molar-refractivity contribution is 5.78. The van der Waals surface area contributed by atoms with Crippen LogP contribution in [0, 0.1) is 0 Å². The lowest BCUT2D eigenvalue weighted by Gasteiger charge is -2.33. The number of nitrogens with zero attached hydrogens (tertiary/aromatic N) is 1. The van der Waals surface area contributed by atoms with Crippen molar-refractivity contribution >= 4 is 5.91 Å². The highest BCUT2D eigenvalue weighted by Crippen LogP contribution is 2.26. The van der Waals surface area contributed by atoms with Gasteiger partial charge in [0.25, 0.3) is 0 Å². The van der Waals surface area contributed by atoms with Crippen LogP contribution in [0.4, 0.5) is 13.2 Å². The maximum Gasteiger partial charge on any atom is 0.411 e. The Kier molecular flexibility index (Phi) is 2.27. The van der Waals surface area contributed by atoms with Gasteiger partial charge in [-0.1, -0.05) is 0 Å². The molecule has 12 heavy (non-hydrogen) atoms. The van der Waals surface area contributed by atoms with E-state index in [0.717, 1.165) is 7.05 Å². The molecule has 3 nitrogen and oxygen atoms in total. The summed E-state index contributed by atoms with van der Waals surface area (Å²) in [7, 11) is 1.13. The Morgan fingerprint density at radius 1 is 1.58 bits per heavy atom. The van der Waals surface area contributed by atoms with Crippen LogP contribution < -0.4 is 0 Å². The van der Waals surface area contributed by atoms with Crippen molar-refractivity contribution in [1.82, 2.24) is 4.90 Å². The van der Waals surface area contributed by atoms with Crippen LogP contribution in [0.3, 0.4) is 0 Å².